The van der Waals surface area contributed by atoms with Gasteiger partial charge in [0.2, 0.25) is 5.91 Å². The molecule has 1 saturated carbocycles. The number of amides is 1. The summed E-state index contributed by atoms with van der Waals surface area (Å²) >= 11 is 0. The summed E-state index contributed by atoms with van der Waals surface area (Å²) in [6, 6.07) is 0.243. The van der Waals surface area contributed by atoms with Crippen molar-refractivity contribution in [3.8, 4) is 0 Å². The van der Waals surface area contributed by atoms with Crippen molar-refractivity contribution in [2.45, 2.75) is 31.7 Å². The third-order valence-electron chi connectivity index (χ3n) is 3.85. The molecule has 0 spiro atoms. The van der Waals surface area contributed by atoms with Gasteiger partial charge in [-0.05, 0) is 31.6 Å². The average Bonchev–Trinajstić information content (AvgIpc) is 3.14. The highest BCUT2D eigenvalue weighted by atomic mass is 16.4. The van der Waals surface area contributed by atoms with Gasteiger partial charge in [0, 0.05) is 25.7 Å². The summed E-state index contributed by atoms with van der Waals surface area (Å²) in [4.78, 5) is 26.6. The van der Waals surface area contributed by atoms with Gasteiger partial charge in [0.25, 0.3) is 0 Å². The van der Waals surface area contributed by atoms with Crippen molar-refractivity contribution in [1.29, 1.82) is 0 Å². The van der Waals surface area contributed by atoms with Crippen molar-refractivity contribution < 1.29 is 14.7 Å². The Kier molecular flexibility index (Phi) is 4.76. The van der Waals surface area contributed by atoms with Crippen LogP contribution in [0.5, 0.6) is 0 Å². The summed E-state index contributed by atoms with van der Waals surface area (Å²) in [5.74, 6) is -0.488. The van der Waals surface area contributed by atoms with Crippen LogP contribution in [0, 0.1) is 5.92 Å². The molecule has 3 N–H and O–H groups in total. The highest BCUT2D eigenvalue weighted by Gasteiger charge is 2.29. The largest absolute Gasteiger partial charge is 0.480 e. The zero-order chi connectivity index (χ0) is 13.8. The van der Waals surface area contributed by atoms with Gasteiger partial charge in [-0.25, -0.2) is 0 Å². The van der Waals surface area contributed by atoms with Crippen molar-refractivity contribution >= 4 is 11.9 Å². The number of carbonyl (C=O) groups is 2. The van der Waals surface area contributed by atoms with Gasteiger partial charge in [-0.1, -0.05) is 0 Å². The minimum Gasteiger partial charge on any atom is -0.480 e. The lowest BCUT2D eigenvalue weighted by atomic mass is 10.1. The standard InChI is InChI=1S/C13H23N3O3/c14-11-3-5-15(6-4-11)8-12(17)16(9-13(18)19)7-10-1-2-10/h10-11H,1-9,14H2,(H,18,19). The van der Waals surface area contributed by atoms with E-state index in [2.05, 4.69) is 4.90 Å². The van der Waals surface area contributed by atoms with E-state index < -0.39 is 5.97 Å². The SMILES string of the molecule is NC1CCN(CC(=O)N(CC(=O)O)CC2CC2)CC1. The highest BCUT2D eigenvalue weighted by Crippen LogP contribution is 2.29. The van der Waals surface area contributed by atoms with E-state index in [1.54, 1.807) is 0 Å². The Labute approximate surface area is 113 Å². The Morgan fingerprint density at radius 1 is 1.21 bits per heavy atom. The molecule has 1 aliphatic carbocycles. The Balaban J connectivity index is 1.81. The van der Waals surface area contributed by atoms with Gasteiger partial charge in [0.1, 0.15) is 6.54 Å². The Morgan fingerprint density at radius 2 is 1.84 bits per heavy atom. The van der Waals surface area contributed by atoms with Gasteiger partial charge in [-0.15, -0.1) is 0 Å². The maximum atomic E-state index is 12.2. The number of carboxylic acid groups (broad SMARTS) is 1. The molecule has 0 aromatic heterocycles. The molecule has 2 aliphatic rings. The highest BCUT2D eigenvalue weighted by molar-refractivity contribution is 5.82. The third kappa shape index (κ3) is 4.80. The number of aliphatic carboxylic acids is 1. The Morgan fingerprint density at radius 3 is 2.37 bits per heavy atom. The maximum Gasteiger partial charge on any atom is 0.323 e. The smallest absolute Gasteiger partial charge is 0.323 e. The first-order valence-electron chi connectivity index (χ1n) is 7.02. The normalized spacial score (nSPS) is 21.3. The molecule has 6 heteroatoms. The van der Waals surface area contributed by atoms with Gasteiger partial charge in [0.15, 0.2) is 0 Å². The molecule has 0 aromatic carbocycles. The monoisotopic (exact) mass is 269 g/mol. The lowest BCUT2D eigenvalue weighted by molar-refractivity contribution is -0.145. The van der Waals surface area contributed by atoms with E-state index in [-0.39, 0.29) is 18.5 Å². The number of hydrogen-bond acceptors (Lipinski definition) is 4. The molecule has 108 valence electrons. The molecule has 0 atom stereocenters. The van der Waals surface area contributed by atoms with E-state index in [1.165, 1.54) is 4.90 Å². The van der Waals surface area contributed by atoms with Crippen LogP contribution >= 0.6 is 0 Å². The van der Waals surface area contributed by atoms with Crippen molar-refractivity contribution in [1.82, 2.24) is 9.80 Å². The van der Waals surface area contributed by atoms with Crippen LogP contribution < -0.4 is 5.73 Å². The number of carboxylic acids is 1. The van der Waals surface area contributed by atoms with E-state index in [0.29, 0.717) is 19.0 Å². The average molecular weight is 269 g/mol. The molecule has 1 saturated heterocycles. The van der Waals surface area contributed by atoms with Crippen LogP contribution in [0.4, 0.5) is 0 Å². The predicted octanol–water partition coefficient (Wildman–Crippen LogP) is -0.267. The first-order chi connectivity index (χ1) is 9.04. The second kappa shape index (κ2) is 6.34. The summed E-state index contributed by atoms with van der Waals surface area (Å²) in [6.45, 7) is 2.41. The zero-order valence-corrected chi connectivity index (χ0v) is 11.3. The number of carbonyl (C=O) groups excluding carboxylic acids is 1. The van der Waals surface area contributed by atoms with E-state index in [1.807, 2.05) is 0 Å². The Hall–Kier alpha value is -1.14. The van der Waals surface area contributed by atoms with Gasteiger partial charge in [-0.3, -0.25) is 14.5 Å². The van der Waals surface area contributed by atoms with Crippen LogP contribution in [0.15, 0.2) is 0 Å². The molecular formula is C13H23N3O3. The molecule has 2 fully saturated rings. The Bertz CT molecular complexity index is 336. The summed E-state index contributed by atoms with van der Waals surface area (Å²) in [6.07, 6.45) is 4.05. The van der Waals surface area contributed by atoms with Gasteiger partial charge < -0.3 is 15.7 Å². The molecule has 0 radical (unpaired) electrons. The fourth-order valence-corrected chi connectivity index (χ4v) is 2.43. The molecule has 1 amide bonds. The van der Waals surface area contributed by atoms with Crippen LogP contribution in [0.1, 0.15) is 25.7 Å². The first-order valence-corrected chi connectivity index (χ1v) is 7.02. The predicted molar refractivity (Wildman–Crippen MR) is 70.6 cm³/mol. The fourth-order valence-electron chi connectivity index (χ4n) is 2.43. The van der Waals surface area contributed by atoms with Crippen LogP contribution in [0.25, 0.3) is 0 Å². The zero-order valence-electron chi connectivity index (χ0n) is 11.3. The van der Waals surface area contributed by atoms with Crippen molar-refractivity contribution in [2.75, 3.05) is 32.7 Å². The van der Waals surface area contributed by atoms with Gasteiger partial charge >= 0.3 is 5.97 Å². The topological polar surface area (TPSA) is 86.9 Å². The summed E-state index contributed by atoms with van der Waals surface area (Å²) in [5, 5.41) is 8.88. The minimum absolute atomic E-state index is 0.0650. The number of nitrogens with two attached hydrogens (primary N) is 1. The molecule has 1 aliphatic heterocycles. The van der Waals surface area contributed by atoms with Crippen LogP contribution in [-0.2, 0) is 9.59 Å². The number of hydrogen-bond donors (Lipinski definition) is 2. The van der Waals surface area contributed by atoms with Crippen LogP contribution in [-0.4, -0.2) is 65.5 Å². The lowest BCUT2D eigenvalue weighted by Crippen LogP contribution is -2.47. The van der Waals surface area contributed by atoms with Crippen molar-refractivity contribution in [3.63, 3.8) is 0 Å². The first kappa shape index (κ1) is 14.3. The number of likely N-dealkylation sites (tertiary alicyclic amines) is 1. The second-order valence-electron chi connectivity index (χ2n) is 5.72. The molecule has 2 rings (SSSR count). The number of nitrogens with zero attached hydrogens (tertiary/aromatic N) is 2. The summed E-state index contributed by atoms with van der Waals surface area (Å²) in [7, 11) is 0. The quantitative estimate of drug-likeness (QED) is 0.693. The lowest BCUT2D eigenvalue weighted by Gasteiger charge is -2.31. The molecule has 0 unspecified atom stereocenters. The molecular weight excluding hydrogens is 246 g/mol. The fraction of sp³-hybridized carbons (Fsp3) is 0.846. The van der Waals surface area contributed by atoms with Crippen LogP contribution in [0.3, 0.4) is 0 Å². The summed E-state index contributed by atoms with van der Waals surface area (Å²) < 4.78 is 0. The van der Waals surface area contributed by atoms with E-state index >= 15 is 0 Å². The van der Waals surface area contributed by atoms with Gasteiger partial charge in [0.05, 0.1) is 6.54 Å². The molecule has 1 heterocycles. The molecule has 0 aromatic rings. The van der Waals surface area contributed by atoms with Crippen molar-refractivity contribution in [3.05, 3.63) is 0 Å². The molecule has 19 heavy (non-hydrogen) atoms. The van der Waals surface area contributed by atoms with E-state index in [9.17, 15) is 9.59 Å². The number of piperidine rings is 1. The number of rotatable bonds is 6. The van der Waals surface area contributed by atoms with Gasteiger partial charge in [-0.2, -0.15) is 0 Å². The van der Waals surface area contributed by atoms with Crippen LogP contribution in [0.2, 0.25) is 0 Å². The molecule has 0 bridgehead atoms. The van der Waals surface area contributed by atoms with Crippen molar-refractivity contribution in [2.24, 2.45) is 11.7 Å². The van der Waals surface area contributed by atoms with E-state index in [4.69, 9.17) is 10.8 Å². The molecule has 6 nitrogen and oxygen atoms in total. The minimum atomic E-state index is -0.935. The third-order valence-corrected chi connectivity index (χ3v) is 3.85. The van der Waals surface area contributed by atoms with E-state index in [0.717, 1.165) is 38.8 Å². The maximum absolute atomic E-state index is 12.2. The second-order valence-corrected chi connectivity index (χ2v) is 5.72. The summed E-state index contributed by atoms with van der Waals surface area (Å²) in [5.41, 5.74) is 5.83.